The Labute approximate surface area is 165 Å². The molecule has 4 rings (SSSR count). The minimum absolute atomic E-state index is 0.0589. The molecule has 3 heteroatoms. The molecule has 1 atom stereocenters. The molecule has 0 bridgehead atoms. The Morgan fingerprint density at radius 1 is 0.821 bits per heavy atom. The Balaban J connectivity index is 1.65. The van der Waals surface area contributed by atoms with Crippen LogP contribution in [0.15, 0.2) is 95.9 Å². The van der Waals surface area contributed by atoms with Gasteiger partial charge in [-0.3, -0.25) is 4.79 Å². The van der Waals surface area contributed by atoms with Gasteiger partial charge in [0.15, 0.2) is 0 Å². The van der Waals surface area contributed by atoms with E-state index in [9.17, 15) is 4.79 Å². The fraction of sp³-hybridized carbons (Fsp3) is 0.160. The van der Waals surface area contributed by atoms with Crippen molar-refractivity contribution in [3.05, 3.63) is 107 Å². The molecule has 0 spiro atoms. The van der Waals surface area contributed by atoms with Crippen LogP contribution >= 0.6 is 0 Å². The first-order valence-electron chi connectivity index (χ1n) is 9.67. The van der Waals surface area contributed by atoms with Crippen molar-refractivity contribution in [1.29, 1.82) is 0 Å². The average Bonchev–Trinajstić information content (AvgIpc) is 2.76. The Bertz CT molecular complexity index is 1120. The first-order chi connectivity index (χ1) is 13.7. The first kappa shape index (κ1) is 18.2. The Hall–Kier alpha value is -3.17. The van der Waals surface area contributed by atoms with Crippen molar-refractivity contribution in [1.82, 2.24) is 9.88 Å². The topological polar surface area (TPSA) is 34.0 Å². The number of rotatable bonds is 6. The quantitative estimate of drug-likeness (QED) is 0.528. The van der Waals surface area contributed by atoms with Crippen LogP contribution in [0.3, 0.4) is 0 Å². The number of nitrogens with one attached hydrogen (secondary N) is 1. The third kappa shape index (κ3) is 3.90. The molecule has 3 aromatic carbocycles. The summed E-state index contributed by atoms with van der Waals surface area (Å²) >= 11 is 0. The third-order valence-corrected chi connectivity index (χ3v) is 5.05. The fourth-order valence-electron chi connectivity index (χ4n) is 3.57. The molecule has 0 radical (unpaired) electrons. The van der Waals surface area contributed by atoms with E-state index in [0.717, 1.165) is 28.4 Å². The highest BCUT2D eigenvalue weighted by molar-refractivity contribution is 5.95. The molecule has 0 aliphatic rings. The van der Waals surface area contributed by atoms with E-state index in [4.69, 9.17) is 0 Å². The van der Waals surface area contributed by atoms with Crippen molar-refractivity contribution in [3.63, 3.8) is 0 Å². The van der Waals surface area contributed by atoms with Gasteiger partial charge in [0, 0.05) is 36.3 Å². The van der Waals surface area contributed by atoms with Gasteiger partial charge in [-0.1, -0.05) is 78.9 Å². The van der Waals surface area contributed by atoms with Gasteiger partial charge in [0.25, 0.3) is 5.56 Å². The zero-order chi connectivity index (χ0) is 19.3. The summed E-state index contributed by atoms with van der Waals surface area (Å²) in [6.07, 6.45) is 2.00. The second-order valence-corrected chi connectivity index (χ2v) is 7.18. The number of fused-ring (bicyclic) bond motifs is 1. The Morgan fingerprint density at radius 3 is 2.14 bits per heavy atom. The van der Waals surface area contributed by atoms with Crippen molar-refractivity contribution in [2.75, 3.05) is 0 Å². The number of hydrogen-bond acceptors (Lipinski definition) is 2. The van der Waals surface area contributed by atoms with Crippen LogP contribution in [0.4, 0.5) is 0 Å². The molecule has 0 aliphatic heterocycles. The molecule has 1 N–H and O–H groups in total. The molecular weight excluding hydrogens is 344 g/mol. The molecule has 1 aromatic heterocycles. The summed E-state index contributed by atoms with van der Waals surface area (Å²) in [4.78, 5) is 13.1. The monoisotopic (exact) mass is 368 g/mol. The summed E-state index contributed by atoms with van der Waals surface area (Å²) in [6.45, 7) is 3.53. The summed E-state index contributed by atoms with van der Waals surface area (Å²) in [5, 5.41) is 5.29. The second kappa shape index (κ2) is 8.24. The van der Waals surface area contributed by atoms with E-state index in [1.165, 1.54) is 5.56 Å². The van der Waals surface area contributed by atoms with Gasteiger partial charge >= 0.3 is 0 Å². The molecule has 1 unspecified atom stereocenters. The molecule has 0 amide bonds. The third-order valence-electron chi connectivity index (χ3n) is 5.05. The normalized spacial score (nSPS) is 12.2. The Kier molecular flexibility index (Phi) is 5.36. The maximum absolute atomic E-state index is 13.1. The summed E-state index contributed by atoms with van der Waals surface area (Å²) in [5.74, 6) is 0. The number of benzene rings is 3. The zero-order valence-corrected chi connectivity index (χ0v) is 16.0. The standard InChI is InChI=1S/C25H24N2O/c1-19(26-16-20-10-4-2-5-11-20)17-27-18-24(21-12-6-3-7-13-21)22-14-8-9-15-23(22)25(27)28/h2-15,18-19,26H,16-17H2,1H3. The van der Waals surface area contributed by atoms with E-state index < -0.39 is 0 Å². The van der Waals surface area contributed by atoms with Crippen LogP contribution in [-0.2, 0) is 13.1 Å². The van der Waals surface area contributed by atoms with Crippen LogP contribution < -0.4 is 10.9 Å². The zero-order valence-electron chi connectivity index (χ0n) is 16.0. The van der Waals surface area contributed by atoms with Gasteiger partial charge in [-0.05, 0) is 29.5 Å². The van der Waals surface area contributed by atoms with Gasteiger partial charge in [-0.2, -0.15) is 0 Å². The molecule has 1 heterocycles. The number of pyridine rings is 1. The van der Waals surface area contributed by atoms with Gasteiger partial charge in [-0.15, -0.1) is 0 Å². The van der Waals surface area contributed by atoms with E-state index >= 15 is 0 Å². The van der Waals surface area contributed by atoms with Gasteiger partial charge < -0.3 is 9.88 Å². The van der Waals surface area contributed by atoms with Crippen LogP contribution in [0, 0.1) is 0 Å². The molecule has 28 heavy (non-hydrogen) atoms. The lowest BCUT2D eigenvalue weighted by Crippen LogP contribution is -2.34. The smallest absolute Gasteiger partial charge is 0.258 e. The summed E-state index contributed by atoms with van der Waals surface area (Å²) in [5.41, 5.74) is 3.51. The van der Waals surface area contributed by atoms with Crippen LogP contribution in [0.1, 0.15) is 12.5 Å². The number of aromatic nitrogens is 1. The van der Waals surface area contributed by atoms with Crippen LogP contribution in [-0.4, -0.2) is 10.6 Å². The summed E-state index contributed by atoms with van der Waals surface area (Å²) < 4.78 is 1.84. The van der Waals surface area contributed by atoms with E-state index in [1.54, 1.807) is 0 Å². The molecule has 0 saturated heterocycles. The Morgan fingerprint density at radius 2 is 1.43 bits per heavy atom. The van der Waals surface area contributed by atoms with Gasteiger partial charge in [-0.25, -0.2) is 0 Å². The average molecular weight is 368 g/mol. The minimum atomic E-state index is 0.0589. The van der Waals surface area contributed by atoms with E-state index in [1.807, 2.05) is 71.4 Å². The number of hydrogen-bond donors (Lipinski definition) is 1. The highest BCUT2D eigenvalue weighted by Crippen LogP contribution is 2.26. The highest BCUT2D eigenvalue weighted by Gasteiger charge is 2.12. The van der Waals surface area contributed by atoms with Crippen molar-refractivity contribution in [2.24, 2.45) is 0 Å². The lowest BCUT2D eigenvalue weighted by atomic mass is 10.0. The molecule has 3 nitrogen and oxygen atoms in total. The molecular formula is C25H24N2O. The van der Waals surface area contributed by atoms with Crippen molar-refractivity contribution < 1.29 is 0 Å². The number of nitrogens with zero attached hydrogens (tertiary/aromatic N) is 1. The van der Waals surface area contributed by atoms with E-state index in [0.29, 0.717) is 6.54 Å². The van der Waals surface area contributed by atoms with Gasteiger partial charge in [0.1, 0.15) is 0 Å². The second-order valence-electron chi connectivity index (χ2n) is 7.18. The predicted molar refractivity (Wildman–Crippen MR) is 116 cm³/mol. The lowest BCUT2D eigenvalue weighted by molar-refractivity contribution is 0.470. The molecule has 0 saturated carbocycles. The van der Waals surface area contributed by atoms with Crippen LogP contribution in [0.5, 0.6) is 0 Å². The maximum Gasteiger partial charge on any atom is 0.258 e. The highest BCUT2D eigenvalue weighted by atomic mass is 16.1. The van der Waals surface area contributed by atoms with Crippen molar-refractivity contribution in [3.8, 4) is 11.1 Å². The molecule has 4 aromatic rings. The molecule has 0 fully saturated rings. The minimum Gasteiger partial charge on any atom is -0.313 e. The van der Waals surface area contributed by atoms with Crippen LogP contribution in [0.2, 0.25) is 0 Å². The fourth-order valence-corrected chi connectivity index (χ4v) is 3.57. The van der Waals surface area contributed by atoms with E-state index in [2.05, 4.69) is 36.5 Å². The summed E-state index contributed by atoms with van der Waals surface area (Å²) in [7, 11) is 0. The van der Waals surface area contributed by atoms with E-state index in [-0.39, 0.29) is 11.6 Å². The first-order valence-corrected chi connectivity index (χ1v) is 9.67. The largest absolute Gasteiger partial charge is 0.313 e. The van der Waals surface area contributed by atoms with Gasteiger partial charge in [0.05, 0.1) is 0 Å². The predicted octanol–water partition coefficient (Wildman–Crippen LogP) is 4.85. The lowest BCUT2D eigenvalue weighted by Gasteiger charge is -2.18. The van der Waals surface area contributed by atoms with Gasteiger partial charge in [0.2, 0.25) is 0 Å². The maximum atomic E-state index is 13.1. The summed E-state index contributed by atoms with van der Waals surface area (Å²) in [6, 6.07) is 28.6. The molecule has 140 valence electrons. The van der Waals surface area contributed by atoms with Crippen molar-refractivity contribution in [2.45, 2.75) is 26.1 Å². The SMILES string of the molecule is CC(Cn1cc(-c2ccccc2)c2ccccc2c1=O)NCc1ccccc1. The molecule has 0 aliphatic carbocycles. The van der Waals surface area contributed by atoms with Crippen molar-refractivity contribution >= 4 is 10.8 Å². The van der Waals surface area contributed by atoms with Crippen LogP contribution in [0.25, 0.3) is 21.9 Å².